The summed E-state index contributed by atoms with van der Waals surface area (Å²) in [4.78, 5) is 13.2. The summed E-state index contributed by atoms with van der Waals surface area (Å²) in [5.74, 6) is -3.26. The highest BCUT2D eigenvalue weighted by Gasteiger charge is 2.44. The molecule has 1 aliphatic rings. The van der Waals surface area contributed by atoms with Crippen LogP contribution in [0.1, 0.15) is 6.92 Å². The number of benzene rings is 2. The summed E-state index contributed by atoms with van der Waals surface area (Å²) < 4.78 is 16.6. The largest absolute Gasteiger partial charge is 0.508 e. The van der Waals surface area contributed by atoms with Crippen molar-refractivity contribution in [3.8, 4) is 40.1 Å². The second-order valence-electron chi connectivity index (χ2n) is 7.40. The van der Waals surface area contributed by atoms with Gasteiger partial charge in [0.2, 0.25) is 17.5 Å². The topological polar surface area (TPSA) is 190 Å². The van der Waals surface area contributed by atoms with Gasteiger partial charge >= 0.3 is 0 Å². The van der Waals surface area contributed by atoms with Crippen molar-refractivity contribution in [2.24, 2.45) is 0 Å². The van der Waals surface area contributed by atoms with E-state index in [-0.39, 0.29) is 16.5 Å². The number of hydrogen-bond donors (Lipinski definition) is 7. The van der Waals surface area contributed by atoms with E-state index in [4.69, 9.17) is 13.9 Å². The molecule has 5 atom stereocenters. The van der Waals surface area contributed by atoms with Gasteiger partial charge in [0.05, 0.1) is 11.7 Å². The summed E-state index contributed by atoms with van der Waals surface area (Å²) in [6.45, 7) is 1.41. The van der Waals surface area contributed by atoms with Gasteiger partial charge in [0.15, 0.2) is 17.3 Å². The number of aliphatic hydroxyl groups excluding tert-OH is 3. The van der Waals surface area contributed by atoms with Crippen LogP contribution in [0.3, 0.4) is 0 Å². The Labute approximate surface area is 179 Å². The third-order valence-corrected chi connectivity index (χ3v) is 5.22. The summed E-state index contributed by atoms with van der Waals surface area (Å²) in [6.07, 6.45) is -7.45. The van der Waals surface area contributed by atoms with E-state index in [1.807, 2.05) is 0 Å². The van der Waals surface area contributed by atoms with E-state index in [2.05, 4.69) is 0 Å². The fourth-order valence-corrected chi connectivity index (χ4v) is 3.49. The van der Waals surface area contributed by atoms with Crippen LogP contribution in [-0.4, -0.2) is 66.5 Å². The van der Waals surface area contributed by atoms with Gasteiger partial charge in [0.1, 0.15) is 40.8 Å². The molecule has 0 amide bonds. The fraction of sp³-hybridized carbons (Fsp3) is 0.286. The minimum Gasteiger partial charge on any atom is -0.508 e. The van der Waals surface area contributed by atoms with Crippen LogP contribution >= 0.6 is 0 Å². The van der Waals surface area contributed by atoms with Gasteiger partial charge in [-0.1, -0.05) is 6.07 Å². The number of hydrogen-bond acceptors (Lipinski definition) is 11. The van der Waals surface area contributed by atoms with E-state index < -0.39 is 70.6 Å². The first kappa shape index (κ1) is 21.7. The highest BCUT2D eigenvalue weighted by atomic mass is 16.7. The van der Waals surface area contributed by atoms with Gasteiger partial charge in [-0.2, -0.15) is 0 Å². The number of para-hydroxylation sites is 1. The van der Waals surface area contributed by atoms with Crippen LogP contribution < -0.4 is 10.2 Å². The summed E-state index contributed by atoms with van der Waals surface area (Å²) in [6, 6.07) is 5.80. The van der Waals surface area contributed by atoms with Gasteiger partial charge in [-0.15, -0.1) is 0 Å². The van der Waals surface area contributed by atoms with E-state index in [9.17, 15) is 40.5 Å². The molecule has 2 heterocycles. The number of aliphatic hydroxyl groups is 3. The van der Waals surface area contributed by atoms with E-state index >= 15 is 0 Å². The van der Waals surface area contributed by atoms with E-state index in [0.29, 0.717) is 0 Å². The average molecular weight is 448 g/mol. The Balaban J connectivity index is 1.95. The third kappa shape index (κ3) is 3.46. The molecule has 0 unspecified atom stereocenters. The van der Waals surface area contributed by atoms with Crippen molar-refractivity contribution in [2.45, 2.75) is 37.6 Å². The first-order valence-electron chi connectivity index (χ1n) is 9.50. The zero-order valence-corrected chi connectivity index (χ0v) is 16.5. The zero-order valence-electron chi connectivity index (χ0n) is 16.5. The molecule has 0 radical (unpaired) electrons. The van der Waals surface area contributed by atoms with Crippen LogP contribution in [0.4, 0.5) is 0 Å². The maximum absolute atomic E-state index is 13.2. The zero-order chi connectivity index (χ0) is 23.3. The quantitative estimate of drug-likeness (QED) is 0.276. The Morgan fingerprint density at radius 3 is 2.38 bits per heavy atom. The SMILES string of the molecule is C[C@@H]1O[C@H](Oc2c(-c3cccc(O)c3O)oc3cc(O)cc(O)c3c2=O)[C@@H](O)[C@@H](O)[C@H]1O. The molecule has 4 rings (SSSR count). The molecule has 2 aromatic carbocycles. The van der Waals surface area contributed by atoms with E-state index in [0.717, 1.165) is 12.1 Å². The molecule has 170 valence electrons. The lowest BCUT2D eigenvalue weighted by atomic mass is 10.00. The Hall–Kier alpha value is -3.51. The van der Waals surface area contributed by atoms with Crippen LogP contribution in [-0.2, 0) is 4.74 Å². The summed E-state index contributed by atoms with van der Waals surface area (Å²) in [5, 5.41) is 69.9. The molecule has 1 aromatic heterocycles. The maximum atomic E-state index is 13.2. The van der Waals surface area contributed by atoms with Crippen molar-refractivity contribution >= 4 is 11.0 Å². The van der Waals surface area contributed by atoms with Gasteiger partial charge in [0.25, 0.3) is 0 Å². The van der Waals surface area contributed by atoms with Gasteiger partial charge in [-0.3, -0.25) is 4.79 Å². The van der Waals surface area contributed by atoms with Crippen LogP contribution in [0.5, 0.6) is 28.7 Å². The second-order valence-corrected chi connectivity index (χ2v) is 7.40. The van der Waals surface area contributed by atoms with Crippen molar-refractivity contribution in [1.29, 1.82) is 0 Å². The molecule has 1 aliphatic heterocycles. The number of rotatable bonds is 3. The van der Waals surface area contributed by atoms with Crippen molar-refractivity contribution < 1.29 is 49.6 Å². The van der Waals surface area contributed by atoms with Crippen LogP contribution in [0.2, 0.25) is 0 Å². The standard InChI is InChI=1S/C21H20O11/c1-7-14(25)17(28)18(29)21(30-7)32-20-16(27)13-11(24)5-8(22)6-12(13)31-19(20)9-3-2-4-10(23)15(9)26/h2-7,14,17-18,21-26,28-29H,1H3/t7-,14-,17-,18-,21+/m0/s1. The molecular weight excluding hydrogens is 428 g/mol. The van der Waals surface area contributed by atoms with Crippen LogP contribution in [0, 0.1) is 0 Å². The van der Waals surface area contributed by atoms with Crippen LogP contribution in [0.25, 0.3) is 22.3 Å². The summed E-state index contributed by atoms with van der Waals surface area (Å²) >= 11 is 0. The van der Waals surface area contributed by atoms with E-state index in [1.165, 1.54) is 25.1 Å². The van der Waals surface area contributed by atoms with Crippen molar-refractivity contribution in [1.82, 2.24) is 0 Å². The van der Waals surface area contributed by atoms with Gasteiger partial charge in [-0.25, -0.2) is 0 Å². The van der Waals surface area contributed by atoms with Crippen molar-refractivity contribution in [3.63, 3.8) is 0 Å². The van der Waals surface area contributed by atoms with Crippen LogP contribution in [0.15, 0.2) is 39.5 Å². The number of aromatic hydroxyl groups is 4. The Morgan fingerprint density at radius 2 is 1.66 bits per heavy atom. The second kappa shape index (κ2) is 7.88. The Morgan fingerprint density at radius 1 is 0.938 bits per heavy atom. The maximum Gasteiger partial charge on any atom is 0.239 e. The molecule has 11 heteroatoms. The minimum atomic E-state index is -1.77. The Bertz CT molecular complexity index is 1230. The lowest BCUT2D eigenvalue weighted by Crippen LogP contribution is -2.58. The van der Waals surface area contributed by atoms with Crippen molar-refractivity contribution in [2.75, 3.05) is 0 Å². The molecule has 1 fully saturated rings. The molecule has 0 bridgehead atoms. The number of ether oxygens (including phenoxy) is 2. The molecule has 3 aromatic rings. The molecule has 32 heavy (non-hydrogen) atoms. The predicted molar refractivity (Wildman–Crippen MR) is 108 cm³/mol. The summed E-state index contributed by atoms with van der Waals surface area (Å²) in [7, 11) is 0. The lowest BCUT2D eigenvalue weighted by molar-refractivity contribution is -0.268. The highest BCUT2D eigenvalue weighted by molar-refractivity contribution is 5.89. The monoisotopic (exact) mass is 448 g/mol. The van der Waals surface area contributed by atoms with Gasteiger partial charge in [0, 0.05) is 12.1 Å². The molecule has 0 saturated carbocycles. The minimum absolute atomic E-state index is 0.180. The first-order chi connectivity index (χ1) is 15.1. The highest BCUT2D eigenvalue weighted by Crippen LogP contribution is 2.42. The molecule has 1 saturated heterocycles. The normalized spacial score (nSPS) is 25.7. The molecule has 11 nitrogen and oxygen atoms in total. The first-order valence-corrected chi connectivity index (χ1v) is 9.50. The number of phenolic OH excluding ortho intramolecular Hbond substituents is 4. The van der Waals surface area contributed by atoms with E-state index in [1.54, 1.807) is 0 Å². The van der Waals surface area contributed by atoms with Gasteiger partial charge < -0.3 is 49.6 Å². The predicted octanol–water partition coefficient (Wildman–Crippen LogP) is 0.489. The Kier molecular flexibility index (Phi) is 5.34. The number of phenols is 4. The molecule has 0 aliphatic carbocycles. The lowest BCUT2D eigenvalue weighted by Gasteiger charge is -2.38. The fourth-order valence-electron chi connectivity index (χ4n) is 3.49. The molecular formula is C21H20O11. The average Bonchev–Trinajstić information content (AvgIpc) is 2.73. The van der Waals surface area contributed by atoms with Gasteiger partial charge in [-0.05, 0) is 19.1 Å². The third-order valence-electron chi connectivity index (χ3n) is 5.22. The smallest absolute Gasteiger partial charge is 0.239 e. The molecule has 7 N–H and O–H groups in total. The summed E-state index contributed by atoms with van der Waals surface area (Å²) in [5.41, 5.74) is -1.39. The van der Waals surface area contributed by atoms with Crippen molar-refractivity contribution in [3.05, 3.63) is 40.6 Å². The number of fused-ring (bicyclic) bond motifs is 1. The molecule has 0 spiro atoms.